The monoisotopic (exact) mass is 547 g/mol. The minimum absolute atomic E-state index is 0.0268. The molecular formula is C21H17Cl4N3O4S. The van der Waals surface area contributed by atoms with Gasteiger partial charge >= 0.3 is 0 Å². The van der Waals surface area contributed by atoms with E-state index in [4.69, 9.17) is 52.1 Å². The summed E-state index contributed by atoms with van der Waals surface area (Å²) in [5.74, 6) is -1.63. The largest absolute Gasteiger partial charge is 0.364 e. The predicted octanol–water partition coefficient (Wildman–Crippen LogP) is 5.14. The van der Waals surface area contributed by atoms with Crippen LogP contribution in [0.15, 0.2) is 46.2 Å². The summed E-state index contributed by atoms with van der Waals surface area (Å²) in [6.45, 7) is 1.50. The Balaban J connectivity index is 2.07. The number of nitrogens with zero attached hydrogens (tertiary/aromatic N) is 1. The number of carbonyl (C=O) groups excluding carboxylic acids is 2. The molecule has 0 aliphatic rings. The van der Waals surface area contributed by atoms with Gasteiger partial charge in [0.25, 0.3) is 11.8 Å². The van der Waals surface area contributed by atoms with Crippen molar-refractivity contribution < 1.29 is 18.0 Å². The summed E-state index contributed by atoms with van der Waals surface area (Å²) in [4.78, 5) is 28.4. The molecule has 0 atom stereocenters. The molecule has 0 fully saturated rings. The van der Waals surface area contributed by atoms with Crippen LogP contribution in [0, 0.1) is 6.92 Å². The highest BCUT2D eigenvalue weighted by Crippen LogP contribution is 2.33. The molecule has 0 radical (unpaired) electrons. The van der Waals surface area contributed by atoms with Crippen molar-refractivity contribution in [3.05, 3.63) is 79.0 Å². The number of amides is 2. The zero-order valence-corrected chi connectivity index (χ0v) is 21.1. The van der Waals surface area contributed by atoms with Gasteiger partial charge in [-0.05, 0) is 48.4 Å². The molecule has 2 amide bonds. The number of carbonyl (C=O) groups is 2. The summed E-state index contributed by atoms with van der Waals surface area (Å²) in [5.41, 5.74) is 5.54. The van der Waals surface area contributed by atoms with Gasteiger partial charge in [-0.25, -0.2) is 8.42 Å². The van der Waals surface area contributed by atoms with E-state index < -0.39 is 32.2 Å². The van der Waals surface area contributed by atoms with Crippen molar-refractivity contribution in [3.63, 3.8) is 0 Å². The van der Waals surface area contributed by atoms with Crippen molar-refractivity contribution in [2.75, 3.05) is 7.05 Å². The van der Waals surface area contributed by atoms with Gasteiger partial charge in [0.05, 0.1) is 4.90 Å². The first-order valence-corrected chi connectivity index (χ1v) is 12.3. The van der Waals surface area contributed by atoms with Crippen molar-refractivity contribution in [2.45, 2.75) is 23.3 Å². The van der Waals surface area contributed by atoms with Crippen LogP contribution in [0.1, 0.15) is 32.1 Å². The van der Waals surface area contributed by atoms with Crippen LogP contribution in [0.5, 0.6) is 0 Å². The fourth-order valence-electron chi connectivity index (χ4n) is 3.27. The maximum absolute atomic E-state index is 13.4. The summed E-state index contributed by atoms with van der Waals surface area (Å²) < 4.78 is 26.7. The van der Waals surface area contributed by atoms with Crippen molar-refractivity contribution in [2.24, 2.45) is 5.73 Å². The molecule has 1 aromatic heterocycles. The number of primary amides is 1. The molecule has 7 nitrogen and oxygen atoms in total. The van der Waals surface area contributed by atoms with Crippen molar-refractivity contribution >= 4 is 68.1 Å². The Morgan fingerprint density at radius 2 is 1.58 bits per heavy atom. The van der Waals surface area contributed by atoms with Gasteiger partial charge in [0.1, 0.15) is 16.3 Å². The van der Waals surface area contributed by atoms with E-state index in [1.165, 1.54) is 37.1 Å². The second-order valence-electron chi connectivity index (χ2n) is 7.20. The number of sulfone groups is 1. The van der Waals surface area contributed by atoms with Crippen LogP contribution in [0.2, 0.25) is 20.1 Å². The topological polar surface area (TPSA) is 113 Å². The molecule has 1 heterocycles. The normalized spacial score (nSPS) is 11.5. The number of hydrogen-bond donors (Lipinski definition) is 2. The van der Waals surface area contributed by atoms with E-state index in [1.807, 2.05) is 0 Å². The minimum Gasteiger partial charge on any atom is -0.364 e. The van der Waals surface area contributed by atoms with Gasteiger partial charge in [-0.2, -0.15) is 0 Å². The van der Waals surface area contributed by atoms with E-state index in [0.29, 0.717) is 15.6 Å². The Kier molecular flexibility index (Phi) is 7.36. The molecule has 174 valence electrons. The number of H-pyrrole nitrogens is 1. The molecule has 33 heavy (non-hydrogen) atoms. The van der Waals surface area contributed by atoms with Crippen molar-refractivity contribution in [1.82, 2.24) is 9.88 Å². The lowest BCUT2D eigenvalue weighted by atomic mass is 10.2. The van der Waals surface area contributed by atoms with Crippen LogP contribution in [0.3, 0.4) is 0 Å². The average Bonchev–Trinajstić information content (AvgIpc) is 3.07. The summed E-state index contributed by atoms with van der Waals surface area (Å²) in [5, 5.41) is 0.987. The van der Waals surface area contributed by atoms with Gasteiger partial charge in [-0.15, -0.1) is 0 Å². The number of nitrogens with two attached hydrogens (primary N) is 1. The molecule has 0 saturated carbocycles. The highest BCUT2D eigenvalue weighted by molar-refractivity contribution is 7.91. The molecule has 2 aromatic carbocycles. The number of benzene rings is 2. The number of aromatic nitrogens is 1. The molecule has 3 N–H and O–H groups in total. The molecule has 0 spiro atoms. The maximum atomic E-state index is 13.4. The lowest BCUT2D eigenvalue weighted by Gasteiger charge is -2.18. The second kappa shape index (κ2) is 9.56. The third-order valence-corrected chi connectivity index (χ3v) is 7.76. The quantitative estimate of drug-likeness (QED) is 0.444. The Morgan fingerprint density at radius 1 is 0.970 bits per heavy atom. The van der Waals surface area contributed by atoms with E-state index in [1.54, 1.807) is 18.2 Å². The van der Waals surface area contributed by atoms with Crippen LogP contribution in [-0.4, -0.2) is 37.2 Å². The van der Waals surface area contributed by atoms with Gasteiger partial charge in [0.2, 0.25) is 9.84 Å². The standard InChI is InChI=1S/C21H17Cl4N3O4S/c1-10-17(21(30)28(2)9-11-3-4-12(22)8-16(11)25)27-18(20(26)29)19(10)33(31,32)15-6-13(23)5-14(24)7-15/h3-8,27H,9H2,1-2H3,(H2,26,29). The third kappa shape index (κ3) is 5.15. The number of hydrogen-bond acceptors (Lipinski definition) is 4. The molecule has 3 aromatic rings. The van der Waals surface area contributed by atoms with Crippen molar-refractivity contribution in [3.8, 4) is 0 Å². The van der Waals surface area contributed by atoms with Gasteiger partial charge < -0.3 is 15.6 Å². The van der Waals surface area contributed by atoms with Crippen LogP contribution in [0.4, 0.5) is 0 Å². The zero-order chi connectivity index (χ0) is 24.7. The second-order valence-corrected chi connectivity index (χ2v) is 10.8. The lowest BCUT2D eigenvalue weighted by molar-refractivity contribution is 0.0779. The summed E-state index contributed by atoms with van der Waals surface area (Å²) in [7, 11) is -2.80. The number of halogens is 4. The molecule has 3 rings (SSSR count). The molecule has 0 aliphatic carbocycles. The van der Waals surface area contributed by atoms with Crippen LogP contribution < -0.4 is 5.73 Å². The Hall–Kier alpha value is -2.23. The molecule has 0 saturated heterocycles. The lowest BCUT2D eigenvalue weighted by Crippen LogP contribution is -2.27. The summed E-state index contributed by atoms with van der Waals surface area (Å²) in [6.07, 6.45) is 0. The average molecular weight is 549 g/mol. The third-order valence-electron chi connectivity index (χ3n) is 4.84. The van der Waals surface area contributed by atoms with E-state index >= 15 is 0 Å². The zero-order valence-electron chi connectivity index (χ0n) is 17.2. The number of nitrogens with one attached hydrogen (secondary N) is 1. The van der Waals surface area contributed by atoms with Gasteiger partial charge in [0.15, 0.2) is 0 Å². The molecule has 0 unspecified atom stereocenters. The van der Waals surface area contributed by atoms with Gasteiger partial charge in [-0.3, -0.25) is 9.59 Å². The van der Waals surface area contributed by atoms with Gasteiger partial charge in [-0.1, -0.05) is 52.5 Å². The van der Waals surface area contributed by atoms with E-state index in [9.17, 15) is 18.0 Å². The van der Waals surface area contributed by atoms with E-state index in [-0.39, 0.29) is 32.7 Å². The fourth-order valence-corrected chi connectivity index (χ4v) is 6.12. The highest BCUT2D eigenvalue weighted by Gasteiger charge is 2.33. The van der Waals surface area contributed by atoms with Gasteiger partial charge in [0, 0.05) is 33.7 Å². The SMILES string of the molecule is Cc1c(C(=O)N(C)Cc2ccc(Cl)cc2Cl)[nH]c(C(N)=O)c1S(=O)(=O)c1cc(Cl)cc(Cl)c1. The fraction of sp³-hybridized carbons (Fsp3) is 0.143. The molecule has 12 heteroatoms. The van der Waals surface area contributed by atoms with Crippen molar-refractivity contribution in [1.29, 1.82) is 0 Å². The van der Waals surface area contributed by atoms with E-state index in [2.05, 4.69) is 4.98 Å². The predicted molar refractivity (Wildman–Crippen MR) is 128 cm³/mol. The van der Waals surface area contributed by atoms with E-state index in [0.717, 1.165) is 0 Å². The highest BCUT2D eigenvalue weighted by atomic mass is 35.5. The Bertz CT molecular complexity index is 1370. The smallest absolute Gasteiger partial charge is 0.270 e. The summed E-state index contributed by atoms with van der Waals surface area (Å²) in [6, 6.07) is 8.60. The molecular weight excluding hydrogens is 532 g/mol. The summed E-state index contributed by atoms with van der Waals surface area (Å²) >= 11 is 24.0. The number of rotatable bonds is 6. The Labute approximate surface area is 210 Å². The first-order chi connectivity index (χ1) is 15.3. The maximum Gasteiger partial charge on any atom is 0.270 e. The molecule has 0 aliphatic heterocycles. The van der Waals surface area contributed by atoms with Crippen LogP contribution in [0.25, 0.3) is 0 Å². The Morgan fingerprint density at radius 3 is 2.12 bits per heavy atom. The first kappa shape index (κ1) is 25.4. The number of aromatic amines is 1. The first-order valence-electron chi connectivity index (χ1n) is 9.26. The minimum atomic E-state index is -4.31. The van der Waals surface area contributed by atoms with Crippen LogP contribution >= 0.6 is 46.4 Å². The van der Waals surface area contributed by atoms with Crippen LogP contribution in [-0.2, 0) is 16.4 Å². The molecule has 0 bridgehead atoms.